The van der Waals surface area contributed by atoms with Crippen molar-refractivity contribution in [2.75, 3.05) is 19.6 Å². The van der Waals surface area contributed by atoms with Crippen LogP contribution in [-0.2, 0) is 6.54 Å². The van der Waals surface area contributed by atoms with Crippen LogP contribution in [0.3, 0.4) is 0 Å². The van der Waals surface area contributed by atoms with E-state index in [1.807, 2.05) is 18.7 Å². The first kappa shape index (κ1) is 14.2. The van der Waals surface area contributed by atoms with E-state index in [1.165, 1.54) is 12.8 Å². The lowest BCUT2D eigenvalue weighted by Crippen LogP contribution is -2.39. The maximum Gasteiger partial charge on any atom is 0.0945 e. The Morgan fingerprint density at radius 3 is 2.59 bits per heavy atom. The number of aryl methyl sites for hydroxylation is 1. The quantitative estimate of drug-likeness (QED) is 0.712. The highest BCUT2D eigenvalue weighted by Crippen LogP contribution is 2.09. The van der Waals surface area contributed by atoms with Crippen molar-refractivity contribution in [3.05, 3.63) is 18.7 Å². The van der Waals surface area contributed by atoms with Gasteiger partial charge in [0.15, 0.2) is 0 Å². The zero-order valence-electron chi connectivity index (χ0n) is 11.2. The van der Waals surface area contributed by atoms with Crippen LogP contribution in [0, 0.1) is 0 Å². The molecule has 4 nitrogen and oxygen atoms in total. The largest absolute Gasteiger partial charge is 0.337 e. The minimum absolute atomic E-state index is 0.682. The van der Waals surface area contributed by atoms with Crippen molar-refractivity contribution in [3.63, 3.8) is 0 Å². The van der Waals surface area contributed by atoms with E-state index in [0.29, 0.717) is 6.04 Å². The van der Waals surface area contributed by atoms with Crippen molar-refractivity contribution >= 4 is 0 Å². The van der Waals surface area contributed by atoms with Crippen LogP contribution in [0.1, 0.15) is 33.1 Å². The van der Waals surface area contributed by atoms with Gasteiger partial charge in [0, 0.05) is 44.6 Å². The fourth-order valence-corrected chi connectivity index (χ4v) is 2.32. The first-order valence-corrected chi connectivity index (χ1v) is 6.71. The van der Waals surface area contributed by atoms with E-state index in [4.69, 9.17) is 5.73 Å². The van der Waals surface area contributed by atoms with Gasteiger partial charge in [0.2, 0.25) is 0 Å². The summed E-state index contributed by atoms with van der Waals surface area (Å²) in [6.07, 6.45) is 9.31. The van der Waals surface area contributed by atoms with E-state index in [0.717, 1.165) is 32.6 Å². The van der Waals surface area contributed by atoms with Gasteiger partial charge >= 0.3 is 0 Å². The minimum atomic E-state index is 0.682. The number of nitrogens with two attached hydrogens (primary N) is 1. The molecule has 0 fully saturated rings. The molecule has 0 aromatic carbocycles. The highest BCUT2D eigenvalue weighted by Gasteiger charge is 2.13. The highest BCUT2D eigenvalue weighted by atomic mass is 15.2. The molecule has 17 heavy (non-hydrogen) atoms. The molecule has 0 aliphatic carbocycles. The Kier molecular flexibility index (Phi) is 6.89. The van der Waals surface area contributed by atoms with Crippen LogP contribution in [0.4, 0.5) is 0 Å². The van der Waals surface area contributed by atoms with Crippen LogP contribution in [0.15, 0.2) is 18.7 Å². The Morgan fingerprint density at radius 2 is 2.06 bits per heavy atom. The van der Waals surface area contributed by atoms with E-state index < -0.39 is 0 Å². The molecule has 0 atom stereocenters. The molecule has 0 bridgehead atoms. The van der Waals surface area contributed by atoms with Crippen LogP contribution >= 0.6 is 0 Å². The van der Waals surface area contributed by atoms with Gasteiger partial charge in [-0.1, -0.05) is 13.8 Å². The summed E-state index contributed by atoms with van der Waals surface area (Å²) >= 11 is 0. The molecule has 1 rings (SSSR count). The van der Waals surface area contributed by atoms with E-state index in [-0.39, 0.29) is 0 Å². The third-order valence-corrected chi connectivity index (χ3v) is 3.30. The Hall–Kier alpha value is -0.870. The fourth-order valence-electron chi connectivity index (χ4n) is 2.32. The van der Waals surface area contributed by atoms with Crippen molar-refractivity contribution < 1.29 is 0 Å². The number of hydrogen-bond donors (Lipinski definition) is 1. The van der Waals surface area contributed by atoms with Gasteiger partial charge in [-0.05, 0) is 19.3 Å². The number of rotatable bonds is 9. The molecular weight excluding hydrogens is 212 g/mol. The molecular formula is C13H26N4. The third kappa shape index (κ3) is 4.88. The highest BCUT2D eigenvalue weighted by molar-refractivity contribution is 4.75. The summed E-state index contributed by atoms with van der Waals surface area (Å²) in [6.45, 7) is 8.45. The van der Waals surface area contributed by atoms with Gasteiger partial charge in [-0.3, -0.25) is 4.90 Å². The van der Waals surface area contributed by atoms with E-state index >= 15 is 0 Å². The zero-order valence-corrected chi connectivity index (χ0v) is 11.2. The standard InChI is InChI=1S/C13H26N4/c1-3-13(4-2)17(10-6-14)9-5-8-16-11-7-15-12-16/h7,11-13H,3-6,8-10,14H2,1-2H3. The summed E-state index contributed by atoms with van der Waals surface area (Å²) < 4.78 is 2.13. The van der Waals surface area contributed by atoms with Crippen molar-refractivity contribution in [3.8, 4) is 0 Å². The number of imidazole rings is 1. The van der Waals surface area contributed by atoms with Crippen LogP contribution in [0.25, 0.3) is 0 Å². The smallest absolute Gasteiger partial charge is 0.0945 e. The molecule has 0 aliphatic heterocycles. The molecule has 1 aromatic heterocycles. The second kappa shape index (κ2) is 8.25. The Bertz CT molecular complexity index is 267. The Morgan fingerprint density at radius 1 is 1.29 bits per heavy atom. The van der Waals surface area contributed by atoms with Crippen LogP contribution in [0.2, 0.25) is 0 Å². The summed E-state index contributed by atoms with van der Waals surface area (Å²) in [5.74, 6) is 0. The maximum atomic E-state index is 5.69. The molecule has 0 radical (unpaired) electrons. The third-order valence-electron chi connectivity index (χ3n) is 3.30. The monoisotopic (exact) mass is 238 g/mol. The van der Waals surface area contributed by atoms with Crippen LogP contribution in [0.5, 0.6) is 0 Å². The minimum Gasteiger partial charge on any atom is -0.337 e. The van der Waals surface area contributed by atoms with Gasteiger partial charge in [0.1, 0.15) is 0 Å². The molecule has 1 heterocycles. The molecule has 0 saturated heterocycles. The fraction of sp³-hybridized carbons (Fsp3) is 0.769. The zero-order chi connectivity index (χ0) is 12.5. The first-order chi connectivity index (χ1) is 8.31. The molecule has 0 aliphatic rings. The number of hydrogen-bond acceptors (Lipinski definition) is 3. The number of nitrogens with zero attached hydrogens (tertiary/aromatic N) is 3. The SMILES string of the molecule is CCC(CC)N(CCN)CCCn1ccnc1. The average molecular weight is 238 g/mol. The van der Waals surface area contributed by atoms with Crippen LogP contribution < -0.4 is 5.73 Å². The van der Waals surface area contributed by atoms with Crippen molar-refractivity contribution in [2.45, 2.75) is 45.7 Å². The van der Waals surface area contributed by atoms with Crippen molar-refractivity contribution in [1.82, 2.24) is 14.5 Å². The Balaban J connectivity index is 2.33. The average Bonchev–Trinajstić information content (AvgIpc) is 2.83. The lowest BCUT2D eigenvalue weighted by Gasteiger charge is -2.30. The van der Waals surface area contributed by atoms with Gasteiger partial charge in [-0.2, -0.15) is 0 Å². The molecule has 0 amide bonds. The topological polar surface area (TPSA) is 47.1 Å². The molecule has 2 N–H and O–H groups in total. The first-order valence-electron chi connectivity index (χ1n) is 6.71. The molecule has 98 valence electrons. The summed E-state index contributed by atoms with van der Waals surface area (Å²) in [7, 11) is 0. The van der Waals surface area contributed by atoms with Gasteiger partial charge in [-0.25, -0.2) is 4.98 Å². The summed E-state index contributed by atoms with van der Waals surface area (Å²) in [4.78, 5) is 6.58. The van der Waals surface area contributed by atoms with E-state index in [9.17, 15) is 0 Å². The van der Waals surface area contributed by atoms with E-state index in [1.54, 1.807) is 0 Å². The summed E-state index contributed by atoms with van der Waals surface area (Å²) in [5, 5.41) is 0. The molecule has 0 spiro atoms. The molecule has 0 unspecified atom stereocenters. The second-order valence-electron chi connectivity index (χ2n) is 4.45. The molecule has 0 saturated carbocycles. The Labute approximate surface area is 105 Å². The summed E-state index contributed by atoms with van der Waals surface area (Å²) in [6, 6.07) is 0.682. The predicted molar refractivity (Wildman–Crippen MR) is 71.8 cm³/mol. The van der Waals surface area contributed by atoms with E-state index in [2.05, 4.69) is 28.3 Å². The van der Waals surface area contributed by atoms with Gasteiger partial charge in [0.25, 0.3) is 0 Å². The molecule has 4 heteroatoms. The second-order valence-corrected chi connectivity index (χ2v) is 4.45. The lowest BCUT2D eigenvalue weighted by atomic mass is 10.1. The number of aromatic nitrogens is 2. The maximum absolute atomic E-state index is 5.69. The van der Waals surface area contributed by atoms with Gasteiger partial charge in [0.05, 0.1) is 6.33 Å². The van der Waals surface area contributed by atoms with Gasteiger partial charge < -0.3 is 10.3 Å². The lowest BCUT2D eigenvalue weighted by molar-refractivity contribution is 0.186. The summed E-state index contributed by atoms with van der Waals surface area (Å²) in [5.41, 5.74) is 5.69. The van der Waals surface area contributed by atoms with Crippen LogP contribution in [-0.4, -0.2) is 40.1 Å². The predicted octanol–water partition coefficient (Wildman–Crippen LogP) is 1.72. The molecule has 1 aromatic rings. The van der Waals surface area contributed by atoms with Gasteiger partial charge in [-0.15, -0.1) is 0 Å². The van der Waals surface area contributed by atoms with Crippen molar-refractivity contribution in [1.29, 1.82) is 0 Å². The normalized spacial score (nSPS) is 11.6. The van der Waals surface area contributed by atoms with Crippen molar-refractivity contribution in [2.24, 2.45) is 5.73 Å².